The van der Waals surface area contributed by atoms with Crippen molar-refractivity contribution in [3.05, 3.63) is 46.5 Å². The van der Waals surface area contributed by atoms with Gasteiger partial charge in [-0.3, -0.25) is 0 Å². The van der Waals surface area contributed by atoms with Crippen molar-refractivity contribution >= 4 is 11.3 Å². The van der Waals surface area contributed by atoms with Crippen LogP contribution in [0.2, 0.25) is 0 Å². The number of rotatable bonds is 3. The van der Waals surface area contributed by atoms with Crippen LogP contribution in [0.1, 0.15) is 17.4 Å². The van der Waals surface area contributed by atoms with Gasteiger partial charge in [-0.15, -0.1) is 0 Å². The second-order valence-electron chi connectivity index (χ2n) is 2.95. The fourth-order valence-electron chi connectivity index (χ4n) is 1.25. The van der Waals surface area contributed by atoms with Gasteiger partial charge in [-0.05, 0) is 34.5 Å². The minimum atomic E-state index is 0.0531. The normalized spacial score (nSPS) is 13.0. The number of hydrogen-bond acceptors (Lipinski definition) is 3. The van der Waals surface area contributed by atoms with Crippen LogP contribution in [0.5, 0.6) is 0 Å². The summed E-state index contributed by atoms with van der Waals surface area (Å²) in [7, 11) is 0. The number of thiophene rings is 1. The van der Waals surface area contributed by atoms with Gasteiger partial charge in [-0.2, -0.15) is 11.3 Å². The van der Waals surface area contributed by atoms with E-state index in [-0.39, 0.29) is 6.04 Å². The zero-order chi connectivity index (χ0) is 9.10. The molecule has 2 aromatic rings. The van der Waals surface area contributed by atoms with Crippen molar-refractivity contribution in [1.29, 1.82) is 0 Å². The van der Waals surface area contributed by atoms with Crippen LogP contribution in [-0.2, 0) is 6.42 Å². The van der Waals surface area contributed by atoms with Gasteiger partial charge < -0.3 is 10.2 Å². The lowest BCUT2D eigenvalue weighted by Crippen LogP contribution is -2.11. The van der Waals surface area contributed by atoms with Crippen LogP contribution >= 0.6 is 11.3 Å². The number of hydrogen-bond donors (Lipinski definition) is 1. The monoisotopic (exact) mass is 193 g/mol. The predicted octanol–water partition coefficient (Wildman–Crippen LogP) is 2.58. The molecule has 0 bridgehead atoms. The Bertz CT molecular complexity index is 339. The SMILES string of the molecule is NC(Cc1ccco1)c1ccsc1. The van der Waals surface area contributed by atoms with Gasteiger partial charge in [-0.1, -0.05) is 0 Å². The summed E-state index contributed by atoms with van der Waals surface area (Å²) >= 11 is 1.67. The highest BCUT2D eigenvalue weighted by molar-refractivity contribution is 7.07. The molecule has 1 atom stereocenters. The Balaban J connectivity index is 2.04. The standard InChI is InChI=1S/C10H11NOS/c11-10(8-3-5-13-7-8)6-9-2-1-4-12-9/h1-5,7,10H,6,11H2. The van der Waals surface area contributed by atoms with E-state index in [4.69, 9.17) is 10.2 Å². The fraction of sp³-hybridized carbons (Fsp3) is 0.200. The van der Waals surface area contributed by atoms with Crippen LogP contribution < -0.4 is 5.73 Å². The molecular weight excluding hydrogens is 182 g/mol. The van der Waals surface area contributed by atoms with Gasteiger partial charge in [0, 0.05) is 12.5 Å². The van der Waals surface area contributed by atoms with Gasteiger partial charge in [0.15, 0.2) is 0 Å². The van der Waals surface area contributed by atoms with Gasteiger partial charge in [0.1, 0.15) is 5.76 Å². The Labute approximate surface area is 81.0 Å². The smallest absolute Gasteiger partial charge is 0.105 e. The van der Waals surface area contributed by atoms with Gasteiger partial charge in [0.25, 0.3) is 0 Å². The Kier molecular flexibility index (Phi) is 2.47. The molecule has 13 heavy (non-hydrogen) atoms. The van der Waals surface area contributed by atoms with Crippen LogP contribution in [0.15, 0.2) is 39.6 Å². The largest absolute Gasteiger partial charge is 0.469 e. The Morgan fingerprint density at radius 2 is 2.38 bits per heavy atom. The van der Waals surface area contributed by atoms with E-state index in [0.717, 1.165) is 12.2 Å². The number of nitrogens with two attached hydrogens (primary N) is 1. The zero-order valence-electron chi connectivity index (χ0n) is 7.14. The molecule has 0 aliphatic rings. The minimum absolute atomic E-state index is 0.0531. The maximum Gasteiger partial charge on any atom is 0.105 e. The van der Waals surface area contributed by atoms with E-state index in [2.05, 4.69) is 11.4 Å². The molecule has 1 unspecified atom stereocenters. The van der Waals surface area contributed by atoms with Gasteiger partial charge in [0.05, 0.1) is 6.26 Å². The molecule has 2 aromatic heterocycles. The van der Waals surface area contributed by atoms with Crippen molar-refractivity contribution in [3.8, 4) is 0 Å². The molecule has 0 fully saturated rings. The third kappa shape index (κ3) is 1.99. The third-order valence-electron chi connectivity index (χ3n) is 1.97. The molecule has 2 heterocycles. The first kappa shape index (κ1) is 8.53. The van der Waals surface area contributed by atoms with Gasteiger partial charge in [0.2, 0.25) is 0 Å². The summed E-state index contributed by atoms with van der Waals surface area (Å²) in [4.78, 5) is 0. The Morgan fingerprint density at radius 3 is 3.00 bits per heavy atom. The van der Waals surface area contributed by atoms with Crippen molar-refractivity contribution in [2.45, 2.75) is 12.5 Å². The molecule has 0 aromatic carbocycles. The lowest BCUT2D eigenvalue weighted by atomic mass is 10.1. The molecule has 68 valence electrons. The van der Waals surface area contributed by atoms with Crippen LogP contribution in [0.25, 0.3) is 0 Å². The average molecular weight is 193 g/mol. The Hall–Kier alpha value is -1.06. The summed E-state index contributed by atoms with van der Waals surface area (Å²) in [5.74, 6) is 0.943. The first-order valence-electron chi connectivity index (χ1n) is 4.16. The van der Waals surface area contributed by atoms with E-state index in [9.17, 15) is 0 Å². The lowest BCUT2D eigenvalue weighted by Gasteiger charge is -2.06. The first-order valence-corrected chi connectivity index (χ1v) is 5.10. The predicted molar refractivity (Wildman–Crippen MR) is 53.7 cm³/mol. The van der Waals surface area contributed by atoms with E-state index < -0.39 is 0 Å². The van der Waals surface area contributed by atoms with Crippen LogP contribution in [0.4, 0.5) is 0 Å². The maximum absolute atomic E-state index is 5.98. The summed E-state index contributed by atoms with van der Waals surface area (Å²) in [5.41, 5.74) is 7.16. The molecule has 0 radical (unpaired) electrons. The molecule has 2 nitrogen and oxygen atoms in total. The van der Waals surface area contributed by atoms with Crippen LogP contribution in [0.3, 0.4) is 0 Å². The molecule has 2 rings (SSSR count). The molecule has 3 heteroatoms. The van der Waals surface area contributed by atoms with Crippen molar-refractivity contribution in [2.75, 3.05) is 0 Å². The minimum Gasteiger partial charge on any atom is -0.469 e. The summed E-state index contributed by atoms with van der Waals surface area (Å²) in [6, 6.07) is 5.94. The van der Waals surface area contributed by atoms with Crippen molar-refractivity contribution in [3.63, 3.8) is 0 Å². The molecule has 0 saturated heterocycles. The van der Waals surface area contributed by atoms with Crippen molar-refractivity contribution < 1.29 is 4.42 Å². The molecule has 0 saturated carbocycles. The summed E-state index contributed by atoms with van der Waals surface area (Å²) in [6.45, 7) is 0. The highest BCUT2D eigenvalue weighted by atomic mass is 32.1. The van der Waals surface area contributed by atoms with Crippen molar-refractivity contribution in [1.82, 2.24) is 0 Å². The van der Waals surface area contributed by atoms with Crippen molar-refractivity contribution in [2.24, 2.45) is 5.73 Å². The van der Waals surface area contributed by atoms with E-state index in [1.54, 1.807) is 17.6 Å². The van der Waals surface area contributed by atoms with E-state index in [1.807, 2.05) is 17.5 Å². The third-order valence-corrected chi connectivity index (χ3v) is 2.67. The summed E-state index contributed by atoms with van der Waals surface area (Å²) < 4.78 is 5.23. The maximum atomic E-state index is 5.98. The number of furan rings is 1. The molecule has 0 spiro atoms. The van der Waals surface area contributed by atoms with Crippen LogP contribution in [-0.4, -0.2) is 0 Å². The topological polar surface area (TPSA) is 39.2 Å². The van der Waals surface area contributed by atoms with Gasteiger partial charge in [-0.25, -0.2) is 0 Å². The quantitative estimate of drug-likeness (QED) is 0.813. The molecule has 0 amide bonds. The second kappa shape index (κ2) is 3.77. The van der Waals surface area contributed by atoms with Gasteiger partial charge >= 0.3 is 0 Å². The lowest BCUT2D eigenvalue weighted by molar-refractivity contribution is 0.489. The highest BCUT2D eigenvalue weighted by Crippen LogP contribution is 2.18. The summed E-state index contributed by atoms with van der Waals surface area (Å²) in [5, 5.41) is 4.12. The Morgan fingerprint density at radius 1 is 1.46 bits per heavy atom. The first-order chi connectivity index (χ1) is 6.36. The van der Waals surface area contributed by atoms with E-state index in [0.29, 0.717) is 0 Å². The van der Waals surface area contributed by atoms with Crippen LogP contribution in [0, 0.1) is 0 Å². The molecular formula is C10H11NOS. The van der Waals surface area contributed by atoms with E-state index in [1.165, 1.54) is 5.56 Å². The fourth-order valence-corrected chi connectivity index (χ4v) is 1.97. The molecule has 2 N–H and O–H groups in total. The highest BCUT2D eigenvalue weighted by Gasteiger charge is 2.08. The average Bonchev–Trinajstić information content (AvgIpc) is 2.74. The molecule has 0 aliphatic heterocycles. The second-order valence-corrected chi connectivity index (χ2v) is 3.73. The van der Waals surface area contributed by atoms with E-state index >= 15 is 0 Å². The zero-order valence-corrected chi connectivity index (χ0v) is 7.96. The summed E-state index contributed by atoms with van der Waals surface area (Å²) in [6.07, 6.45) is 2.44. The molecule has 0 aliphatic carbocycles.